The molecule has 0 radical (unpaired) electrons. The van der Waals surface area contributed by atoms with Gasteiger partial charge < -0.3 is 9.64 Å². The van der Waals surface area contributed by atoms with Crippen molar-refractivity contribution in [1.82, 2.24) is 14.5 Å². The second kappa shape index (κ2) is 10.0. The Balaban J connectivity index is 2.09. The molecule has 0 saturated carbocycles. The molecule has 1 amide bonds. The third kappa shape index (κ3) is 5.11. The highest BCUT2D eigenvalue weighted by Crippen LogP contribution is 2.28. The van der Waals surface area contributed by atoms with Gasteiger partial charge in [0.25, 0.3) is 5.56 Å². The van der Waals surface area contributed by atoms with E-state index in [2.05, 4.69) is 11.6 Å². The molecule has 0 saturated heterocycles. The van der Waals surface area contributed by atoms with Crippen molar-refractivity contribution in [3.8, 4) is 11.4 Å². The van der Waals surface area contributed by atoms with E-state index in [9.17, 15) is 9.59 Å². The molecule has 3 rings (SSSR count). The Labute approximate surface area is 190 Å². The molecule has 31 heavy (non-hydrogen) atoms. The summed E-state index contributed by atoms with van der Waals surface area (Å²) in [7, 11) is 1.55. The first-order valence-electron chi connectivity index (χ1n) is 9.76. The molecule has 0 fully saturated rings. The van der Waals surface area contributed by atoms with E-state index in [-0.39, 0.29) is 17.2 Å². The number of thioether (sulfide) groups is 1. The molecule has 6 nitrogen and oxygen atoms in total. The molecular weight excluding hydrogens is 434 g/mol. The molecule has 0 N–H and O–H groups in total. The highest BCUT2D eigenvalue weighted by atomic mass is 35.5. The summed E-state index contributed by atoms with van der Waals surface area (Å²) in [5, 5.41) is 1.31. The molecule has 3 aromatic rings. The number of methoxy groups -OCH3 is 1. The standard InChI is InChI=1S/C23H24ClN3O3S/c1-5-26(13-15(2)3)21(28)14-31-23-25-18-12-16(24)10-11-17(18)22(29)27(23)19-8-6-7-9-20(19)30-4/h6-12H,2,5,13-14H2,1,3-4H3. The second-order valence-electron chi connectivity index (χ2n) is 7.02. The maximum Gasteiger partial charge on any atom is 0.266 e. The number of rotatable bonds is 8. The zero-order valence-corrected chi connectivity index (χ0v) is 19.3. The van der Waals surface area contributed by atoms with Gasteiger partial charge >= 0.3 is 0 Å². The van der Waals surface area contributed by atoms with Crippen LogP contribution in [0.5, 0.6) is 5.75 Å². The fourth-order valence-corrected chi connectivity index (χ4v) is 4.26. The van der Waals surface area contributed by atoms with Gasteiger partial charge in [-0.2, -0.15) is 0 Å². The van der Waals surface area contributed by atoms with Gasteiger partial charge in [-0.25, -0.2) is 4.98 Å². The van der Waals surface area contributed by atoms with Gasteiger partial charge in [0.15, 0.2) is 5.16 Å². The predicted octanol–water partition coefficient (Wildman–Crippen LogP) is 4.56. The van der Waals surface area contributed by atoms with Crippen LogP contribution in [0, 0.1) is 0 Å². The number of nitrogens with zero attached hydrogens (tertiary/aromatic N) is 3. The van der Waals surface area contributed by atoms with Crippen molar-refractivity contribution in [2.45, 2.75) is 19.0 Å². The number of halogens is 1. The van der Waals surface area contributed by atoms with Crippen LogP contribution in [0.3, 0.4) is 0 Å². The third-order valence-electron chi connectivity index (χ3n) is 4.65. The molecule has 0 bridgehead atoms. The van der Waals surface area contributed by atoms with Crippen molar-refractivity contribution in [3.05, 3.63) is 70.0 Å². The first kappa shape index (κ1) is 22.9. The van der Waals surface area contributed by atoms with Gasteiger partial charge in [-0.05, 0) is 44.2 Å². The zero-order valence-electron chi connectivity index (χ0n) is 17.7. The Bertz CT molecular complexity index is 1190. The number of benzene rings is 2. The maximum absolute atomic E-state index is 13.4. The number of carbonyl (C=O) groups is 1. The summed E-state index contributed by atoms with van der Waals surface area (Å²) in [5.41, 5.74) is 1.69. The lowest BCUT2D eigenvalue weighted by Gasteiger charge is -2.21. The number of hydrogen-bond donors (Lipinski definition) is 0. The smallest absolute Gasteiger partial charge is 0.266 e. The molecule has 0 aliphatic heterocycles. The van der Waals surface area contributed by atoms with Crippen molar-refractivity contribution in [1.29, 1.82) is 0 Å². The zero-order chi connectivity index (χ0) is 22.5. The lowest BCUT2D eigenvalue weighted by Crippen LogP contribution is -2.33. The summed E-state index contributed by atoms with van der Waals surface area (Å²) in [6, 6.07) is 12.2. The fraction of sp³-hybridized carbons (Fsp3) is 0.261. The SMILES string of the molecule is C=C(C)CN(CC)C(=O)CSc1nc2cc(Cl)ccc2c(=O)n1-c1ccccc1OC. The molecular formula is C23H24ClN3O3S. The summed E-state index contributed by atoms with van der Waals surface area (Å²) in [4.78, 5) is 32.6. The Morgan fingerprint density at radius 2 is 2.03 bits per heavy atom. The topological polar surface area (TPSA) is 64.4 Å². The molecule has 0 spiro atoms. The van der Waals surface area contributed by atoms with E-state index < -0.39 is 0 Å². The van der Waals surface area contributed by atoms with E-state index in [1.807, 2.05) is 26.0 Å². The molecule has 1 aromatic heterocycles. The van der Waals surface area contributed by atoms with E-state index >= 15 is 0 Å². The predicted molar refractivity (Wildman–Crippen MR) is 127 cm³/mol. The number of ether oxygens (including phenoxy) is 1. The van der Waals surface area contributed by atoms with Crippen LogP contribution in [0.2, 0.25) is 5.02 Å². The fourth-order valence-electron chi connectivity index (χ4n) is 3.18. The number of para-hydroxylation sites is 2. The molecule has 0 unspecified atom stereocenters. The van der Waals surface area contributed by atoms with Crippen LogP contribution >= 0.6 is 23.4 Å². The molecule has 8 heteroatoms. The average Bonchev–Trinajstić information content (AvgIpc) is 2.75. The van der Waals surface area contributed by atoms with E-state index in [0.717, 1.165) is 5.57 Å². The molecule has 0 atom stereocenters. The molecule has 162 valence electrons. The van der Waals surface area contributed by atoms with Gasteiger partial charge in [-0.3, -0.25) is 14.2 Å². The van der Waals surface area contributed by atoms with Crippen molar-refractivity contribution >= 4 is 40.2 Å². The highest BCUT2D eigenvalue weighted by Gasteiger charge is 2.19. The minimum absolute atomic E-state index is 0.0532. The van der Waals surface area contributed by atoms with Crippen molar-refractivity contribution in [3.63, 3.8) is 0 Å². The molecule has 1 heterocycles. The third-order valence-corrected chi connectivity index (χ3v) is 5.81. The normalized spacial score (nSPS) is 10.8. The van der Waals surface area contributed by atoms with Crippen LogP contribution in [0.15, 0.2) is 64.6 Å². The summed E-state index contributed by atoms with van der Waals surface area (Å²) < 4.78 is 6.95. The van der Waals surface area contributed by atoms with Gasteiger partial charge in [0.05, 0.1) is 29.5 Å². The van der Waals surface area contributed by atoms with Crippen LogP contribution in [0.1, 0.15) is 13.8 Å². The first-order chi connectivity index (χ1) is 14.8. The lowest BCUT2D eigenvalue weighted by atomic mass is 10.2. The van der Waals surface area contributed by atoms with Crippen molar-refractivity contribution in [2.75, 3.05) is 26.0 Å². The van der Waals surface area contributed by atoms with E-state index in [0.29, 0.717) is 45.6 Å². The largest absolute Gasteiger partial charge is 0.495 e. The van der Waals surface area contributed by atoms with Crippen LogP contribution in [0.4, 0.5) is 0 Å². The number of carbonyl (C=O) groups excluding carboxylic acids is 1. The van der Waals surface area contributed by atoms with Gasteiger partial charge in [0, 0.05) is 18.1 Å². The second-order valence-corrected chi connectivity index (χ2v) is 8.40. The van der Waals surface area contributed by atoms with E-state index in [4.69, 9.17) is 16.3 Å². The first-order valence-corrected chi connectivity index (χ1v) is 11.1. The number of likely N-dealkylation sites (N-methyl/N-ethyl adjacent to an activating group) is 1. The maximum atomic E-state index is 13.4. The summed E-state index contributed by atoms with van der Waals surface area (Å²) in [6.07, 6.45) is 0. The Kier molecular flexibility index (Phi) is 7.41. The number of hydrogen-bond acceptors (Lipinski definition) is 5. The van der Waals surface area contributed by atoms with Crippen molar-refractivity contribution < 1.29 is 9.53 Å². The average molecular weight is 458 g/mol. The number of aromatic nitrogens is 2. The Hall–Kier alpha value is -2.77. The molecule has 0 aliphatic rings. The van der Waals surface area contributed by atoms with Crippen LogP contribution < -0.4 is 10.3 Å². The minimum Gasteiger partial charge on any atom is -0.495 e. The van der Waals surface area contributed by atoms with Crippen LogP contribution in [-0.4, -0.2) is 46.3 Å². The van der Waals surface area contributed by atoms with Gasteiger partial charge in [0.2, 0.25) is 5.91 Å². The van der Waals surface area contributed by atoms with Crippen LogP contribution in [0.25, 0.3) is 16.6 Å². The monoisotopic (exact) mass is 457 g/mol. The van der Waals surface area contributed by atoms with Gasteiger partial charge in [0.1, 0.15) is 5.75 Å². The molecule has 0 aliphatic carbocycles. The highest BCUT2D eigenvalue weighted by molar-refractivity contribution is 7.99. The van der Waals surface area contributed by atoms with E-state index in [1.165, 1.54) is 16.3 Å². The van der Waals surface area contributed by atoms with E-state index in [1.54, 1.807) is 42.3 Å². The van der Waals surface area contributed by atoms with Crippen molar-refractivity contribution in [2.24, 2.45) is 0 Å². The summed E-state index contributed by atoms with van der Waals surface area (Å²) in [6.45, 7) is 8.77. The number of fused-ring (bicyclic) bond motifs is 1. The van der Waals surface area contributed by atoms with Gasteiger partial charge in [-0.1, -0.05) is 47.6 Å². The number of amides is 1. The summed E-state index contributed by atoms with van der Waals surface area (Å²) >= 11 is 7.33. The Morgan fingerprint density at radius 1 is 1.29 bits per heavy atom. The summed E-state index contributed by atoms with van der Waals surface area (Å²) in [5.74, 6) is 0.613. The minimum atomic E-state index is -0.254. The van der Waals surface area contributed by atoms with Gasteiger partial charge in [-0.15, -0.1) is 0 Å². The molecule has 2 aromatic carbocycles. The quantitative estimate of drug-likeness (QED) is 0.282. The Morgan fingerprint density at radius 3 is 2.71 bits per heavy atom. The van der Waals surface area contributed by atoms with Crippen LogP contribution in [-0.2, 0) is 4.79 Å². The lowest BCUT2D eigenvalue weighted by molar-refractivity contribution is -0.127.